The van der Waals surface area contributed by atoms with Crippen LogP contribution in [0, 0.1) is 0 Å². The number of allylic oxidation sites excluding steroid dienone is 4. The van der Waals surface area contributed by atoms with Crippen molar-refractivity contribution in [3.8, 4) is 5.75 Å². The van der Waals surface area contributed by atoms with E-state index in [1.54, 1.807) is 7.11 Å². The van der Waals surface area contributed by atoms with E-state index in [1.807, 2.05) is 12.1 Å². The Morgan fingerprint density at radius 2 is 1.48 bits per heavy atom. The standard InChI is InChI=1S/C21H21NO/c1-23-21-15-13-20(14-16-21)22(17-18-9-5-4-6-10-18)19-11-7-2-3-8-12-19/h2-16,19H,17H2,1H3. The molecule has 0 saturated heterocycles. The van der Waals surface area contributed by atoms with Crippen molar-refractivity contribution in [3.05, 3.63) is 96.6 Å². The molecular formula is C21H21NO. The van der Waals surface area contributed by atoms with Gasteiger partial charge >= 0.3 is 0 Å². The maximum atomic E-state index is 5.28. The van der Waals surface area contributed by atoms with Gasteiger partial charge in [0.05, 0.1) is 13.2 Å². The number of ether oxygens (including phenoxy) is 1. The zero-order valence-electron chi connectivity index (χ0n) is 13.3. The average molecular weight is 303 g/mol. The van der Waals surface area contributed by atoms with Gasteiger partial charge in [0.25, 0.3) is 0 Å². The SMILES string of the molecule is COc1ccc(N(Cc2ccccc2)C2C=CC=CC=C2)cc1. The van der Waals surface area contributed by atoms with Gasteiger partial charge in [-0.05, 0) is 29.8 Å². The van der Waals surface area contributed by atoms with E-state index in [9.17, 15) is 0 Å². The summed E-state index contributed by atoms with van der Waals surface area (Å²) in [5, 5.41) is 0. The molecule has 0 unspecified atom stereocenters. The monoisotopic (exact) mass is 303 g/mol. The molecule has 2 aromatic carbocycles. The number of rotatable bonds is 5. The van der Waals surface area contributed by atoms with Crippen LogP contribution in [0.3, 0.4) is 0 Å². The zero-order valence-corrected chi connectivity index (χ0v) is 13.3. The summed E-state index contributed by atoms with van der Waals surface area (Å²) in [4.78, 5) is 2.38. The zero-order chi connectivity index (χ0) is 15.9. The molecule has 0 aromatic heterocycles. The highest BCUT2D eigenvalue weighted by Crippen LogP contribution is 2.24. The predicted molar refractivity (Wildman–Crippen MR) is 96.8 cm³/mol. The molecule has 116 valence electrons. The highest BCUT2D eigenvalue weighted by Gasteiger charge is 2.15. The summed E-state index contributed by atoms with van der Waals surface area (Å²) in [5.74, 6) is 0.877. The molecule has 2 nitrogen and oxygen atoms in total. The van der Waals surface area contributed by atoms with Crippen molar-refractivity contribution in [1.29, 1.82) is 0 Å². The van der Waals surface area contributed by atoms with Crippen LogP contribution in [0.15, 0.2) is 91.1 Å². The number of benzene rings is 2. The van der Waals surface area contributed by atoms with E-state index >= 15 is 0 Å². The summed E-state index contributed by atoms with van der Waals surface area (Å²) in [6.45, 7) is 0.854. The third-order valence-electron chi connectivity index (χ3n) is 3.91. The molecule has 2 aromatic rings. The maximum Gasteiger partial charge on any atom is 0.119 e. The molecule has 0 spiro atoms. The van der Waals surface area contributed by atoms with Crippen molar-refractivity contribution in [1.82, 2.24) is 0 Å². The minimum atomic E-state index is 0.221. The van der Waals surface area contributed by atoms with E-state index in [0.717, 1.165) is 12.3 Å². The van der Waals surface area contributed by atoms with Gasteiger partial charge in [0, 0.05) is 12.2 Å². The van der Waals surface area contributed by atoms with E-state index in [-0.39, 0.29) is 6.04 Å². The Kier molecular flexibility index (Phi) is 4.95. The quantitative estimate of drug-likeness (QED) is 0.790. The van der Waals surface area contributed by atoms with E-state index < -0.39 is 0 Å². The van der Waals surface area contributed by atoms with Crippen LogP contribution in [0.5, 0.6) is 5.75 Å². The first-order valence-corrected chi connectivity index (χ1v) is 7.83. The van der Waals surface area contributed by atoms with E-state index in [2.05, 4.69) is 83.8 Å². The first-order chi connectivity index (χ1) is 11.4. The molecule has 0 aliphatic heterocycles. The topological polar surface area (TPSA) is 12.5 Å². The van der Waals surface area contributed by atoms with Gasteiger partial charge in [-0.1, -0.05) is 66.8 Å². The fourth-order valence-corrected chi connectivity index (χ4v) is 2.68. The number of hydrogen-bond donors (Lipinski definition) is 0. The van der Waals surface area contributed by atoms with Gasteiger partial charge < -0.3 is 9.64 Å². The lowest BCUT2D eigenvalue weighted by Gasteiger charge is -2.30. The van der Waals surface area contributed by atoms with Crippen LogP contribution in [0.2, 0.25) is 0 Å². The lowest BCUT2D eigenvalue weighted by molar-refractivity contribution is 0.415. The van der Waals surface area contributed by atoms with E-state index in [0.29, 0.717) is 0 Å². The van der Waals surface area contributed by atoms with Gasteiger partial charge in [-0.3, -0.25) is 0 Å². The molecule has 1 aliphatic carbocycles. The highest BCUT2D eigenvalue weighted by atomic mass is 16.5. The molecule has 2 heteroatoms. The van der Waals surface area contributed by atoms with Crippen LogP contribution in [-0.4, -0.2) is 13.2 Å². The van der Waals surface area contributed by atoms with Crippen LogP contribution >= 0.6 is 0 Å². The second-order valence-electron chi connectivity index (χ2n) is 5.46. The van der Waals surface area contributed by atoms with Crippen molar-refractivity contribution in [2.75, 3.05) is 12.0 Å². The third kappa shape index (κ3) is 3.92. The molecule has 0 saturated carbocycles. The lowest BCUT2D eigenvalue weighted by atomic mass is 10.1. The Balaban J connectivity index is 1.91. The second-order valence-corrected chi connectivity index (χ2v) is 5.46. The summed E-state index contributed by atoms with van der Waals surface area (Å²) in [7, 11) is 1.69. The minimum absolute atomic E-state index is 0.221. The molecule has 1 aliphatic rings. The Morgan fingerprint density at radius 3 is 2.09 bits per heavy atom. The van der Waals surface area contributed by atoms with E-state index in [4.69, 9.17) is 4.74 Å². The van der Waals surface area contributed by atoms with Gasteiger partial charge in [0.1, 0.15) is 5.75 Å². The molecular weight excluding hydrogens is 282 g/mol. The fraction of sp³-hybridized carbons (Fsp3) is 0.143. The largest absolute Gasteiger partial charge is 0.497 e. The average Bonchev–Trinajstić information content (AvgIpc) is 2.90. The Bertz CT molecular complexity index is 682. The number of anilines is 1. The van der Waals surface area contributed by atoms with Crippen molar-refractivity contribution in [2.45, 2.75) is 12.6 Å². The smallest absolute Gasteiger partial charge is 0.119 e. The molecule has 0 atom stereocenters. The maximum absolute atomic E-state index is 5.28. The van der Waals surface area contributed by atoms with Gasteiger partial charge in [0.2, 0.25) is 0 Å². The minimum Gasteiger partial charge on any atom is -0.497 e. The van der Waals surface area contributed by atoms with Crippen molar-refractivity contribution in [2.24, 2.45) is 0 Å². The summed E-state index contributed by atoms with van der Waals surface area (Å²) >= 11 is 0. The van der Waals surface area contributed by atoms with Crippen LogP contribution in [0.4, 0.5) is 5.69 Å². The normalized spacial score (nSPS) is 13.8. The molecule has 23 heavy (non-hydrogen) atoms. The molecule has 0 heterocycles. The van der Waals surface area contributed by atoms with Crippen molar-refractivity contribution in [3.63, 3.8) is 0 Å². The van der Waals surface area contributed by atoms with Crippen molar-refractivity contribution < 1.29 is 4.74 Å². The molecule has 0 fully saturated rings. The van der Waals surface area contributed by atoms with Crippen LogP contribution in [0.1, 0.15) is 5.56 Å². The molecule has 0 amide bonds. The molecule has 0 bridgehead atoms. The Morgan fingerprint density at radius 1 is 0.826 bits per heavy atom. The second kappa shape index (κ2) is 7.50. The van der Waals surface area contributed by atoms with Crippen LogP contribution in [0.25, 0.3) is 0 Å². The number of hydrogen-bond acceptors (Lipinski definition) is 2. The van der Waals surface area contributed by atoms with Gasteiger partial charge in [-0.15, -0.1) is 0 Å². The number of methoxy groups -OCH3 is 1. The van der Waals surface area contributed by atoms with Crippen LogP contribution in [-0.2, 0) is 6.54 Å². The first kappa shape index (κ1) is 15.2. The summed E-state index contributed by atoms with van der Waals surface area (Å²) < 4.78 is 5.28. The van der Waals surface area contributed by atoms with Crippen LogP contribution < -0.4 is 9.64 Å². The summed E-state index contributed by atoms with van der Waals surface area (Å²) in [5.41, 5.74) is 2.47. The number of nitrogens with zero attached hydrogens (tertiary/aromatic N) is 1. The van der Waals surface area contributed by atoms with E-state index in [1.165, 1.54) is 11.3 Å². The Labute approximate surface area is 138 Å². The fourth-order valence-electron chi connectivity index (χ4n) is 2.68. The predicted octanol–water partition coefficient (Wildman–Crippen LogP) is 4.75. The summed E-state index contributed by atoms with van der Waals surface area (Å²) in [6.07, 6.45) is 12.8. The van der Waals surface area contributed by atoms with Crippen molar-refractivity contribution >= 4 is 5.69 Å². The highest BCUT2D eigenvalue weighted by molar-refractivity contribution is 5.53. The Hall–Kier alpha value is -2.74. The third-order valence-corrected chi connectivity index (χ3v) is 3.91. The summed E-state index contributed by atoms with van der Waals surface area (Å²) in [6, 6.07) is 19.0. The molecule has 0 radical (unpaired) electrons. The van der Waals surface area contributed by atoms with Gasteiger partial charge in [-0.25, -0.2) is 0 Å². The van der Waals surface area contributed by atoms with Gasteiger partial charge in [0.15, 0.2) is 0 Å². The molecule has 3 rings (SSSR count). The lowest BCUT2D eigenvalue weighted by Crippen LogP contribution is -2.31. The first-order valence-electron chi connectivity index (χ1n) is 7.83. The van der Waals surface area contributed by atoms with Gasteiger partial charge in [-0.2, -0.15) is 0 Å². The molecule has 0 N–H and O–H groups in total.